The second-order valence-corrected chi connectivity index (χ2v) is 13.0. The topological polar surface area (TPSA) is 105 Å². The predicted octanol–water partition coefficient (Wildman–Crippen LogP) is 3.94. The van der Waals surface area contributed by atoms with Gasteiger partial charge in [0.1, 0.15) is 17.7 Å². The molecule has 0 radical (unpaired) electrons. The van der Waals surface area contributed by atoms with Gasteiger partial charge in [0, 0.05) is 30.2 Å². The summed E-state index contributed by atoms with van der Waals surface area (Å²) in [6, 6.07) is 21.0. The summed E-state index contributed by atoms with van der Waals surface area (Å²) in [6.07, 6.45) is 0. The van der Waals surface area contributed by atoms with Crippen LogP contribution >= 0.6 is 23.4 Å². The quantitative estimate of drug-likeness (QED) is 0.345. The second-order valence-electron chi connectivity index (χ2n) is 9.53. The lowest BCUT2D eigenvalue weighted by Gasteiger charge is -2.26. The number of carbonyl (C=O) groups is 2. The zero-order valence-corrected chi connectivity index (χ0v) is 24.6. The van der Waals surface area contributed by atoms with E-state index in [1.165, 1.54) is 16.4 Å². The normalized spacial score (nSPS) is 17.9. The molecule has 0 aliphatic carbocycles. The van der Waals surface area contributed by atoms with Gasteiger partial charge in [0.25, 0.3) is 5.91 Å². The fourth-order valence-corrected chi connectivity index (χ4v) is 7.29. The molecular formula is C29H30ClN3O6S2. The first-order chi connectivity index (χ1) is 19.8. The van der Waals surface area contributed by atoms with E-state index in [9.17, 15) is 18.0 Å². The van der Waals surface area contributed by atoms with E-state index < -0.39 is 10.0 Å². The van der Waals surface area contributed by atoms with Crippen molar-refractivity contribution in [2.75, 3.05) is 45.2 Å². The Kier molecular flexibility index (Phi) is 9.51. The Morgan fingerprint density at radius 2 is 1.68 bits per heavy atom. The van der Waals surface area contributed by atoms with E-state index >= 15 is 0 Å². The first-order valence-corrected chi connectivity index (χ1v) is 16.0. The number of sulfonamides is 1. The molecule has 5 rings (SSSR count). The van der Waals surface area contributed by atoms with Crippen LogP contribution in [0.2, 0.25) is 5.02 Å². The van der Waals surface area contributed by atoms with Crippen molar-refractivity contribution < 1.29 is 27.5 Å². The van der Waals surface area contributed by atoms with Gasteiger partial charge in [-0.15, -0.1) is 11.8 Å². The third-order valence-electron chi connectivity index (χ3n) is 6.78. The summed E-state index contributed by atoms with van der Waals surface area (Å²) in [7, 11) is -3.56. The maximum absolute atomic E-state index is 12.7. The first-order valence-electron chi connectivity index (χ1n) is 13.2. The molecule has 0 aromatic heterocycles. The van der Waals surface area contributed by atoms with E-state index in [1.54, 1.807) is 36.0 Å². The van der Waals surface area contributed by atoms with Crippen LogP contribution < -0.4 is 10.1 Å². The Hall–Kier alpha value is -3.09. The van der Waals surface area contributed by atoms with Crippen molar-refractivity contribution in [1.29, 1.82) is 0 Å². The summed E-state index contributed by atoms with van der Waals surface area (Å²) >= 11 is 7.55. The maximum Gasteiger partial charge on any atom is 0.251 e. The first kappa shape index (κ1) is 29.4. The van der Waals surface area contributed by atoms with Crippen molar-refractivity contribution in [3.63, 3.8) is 0 Å². The molecule has 3 aromatic carbocycles. The molecule has 0 bridgehead atoms. The van der Waals surface area contributed by atoms with Crippen LogP contribution in [-0.4, -0.2) is 74.6 Å². The highest BCUT2D eigenvalue weighted by Gasteiger charge is 2.33. The summed E-state index contributed by atoms with van der Waals surface area (Å²) in [5.41, 5.74) is 2.46. The largest absolute Gasteiger partial charge is 0.492 e. The summed E-state index contributed by atoms with van der Waals surface area (Å²) < 4.78 is 37.8. The van der Waals surface area contributed by atoms with Crippen LogP contribution in [0.25, 0.3) is 0 Å². The van der Waals surface area contributed by atoms with E-state index in [0.29, 0.717) is 54.9 Å². The SMILES string of the molecule is O=C(NCCOc1ccc(S(=O)(=O)N2CCOCC2)cc1)c1ccc([C@@H]2SCC(=O)N2Cc2ccc(Cl)cc2)cc1. The summed E-state index contributed by atoms with van der Waals surface area (Å²) in [6.45, 7) is 2.44. The molecule has 2 heterocycles. The van der Waals surface area contributed by atoms with Crippen LogP contribution in [0.4, 0.5) is 0 Å². The van der Waals surface area contributed by atoms with Crippen molar-refractivity contribution in [3.05, 3.63) is 94.5 Å². The van der Waals surface area contributed by atoms with Crippen molar-refractivity contribution in [3.8, 4) is 5.75 Å². The molecule has 1 atom stereocenters. The molecule has 9 nitrogen and oxygen atoms in total. The number of thioether (sulfide) groups is 1. The maximum atomic E-state index is 12.7. The lowest BCUT2D eigenvalue weighted by atomic mass is 10.1. The van der Waals surface area contributed by atoms with Crippen LogP contribution in [0.15, 0.2) is 77.7 Å². The standard InChI is InChI=1S/C29H30ClN3O6S2/c30-24-7-1-21(2-8-24)19-33-27(34)20-40-29(33)23-5-3-22(4-6-23)28(35)31-13-16-39-25-9-11-26(12-10-25)41(36,37)32-14-17-38-18-15-32/h1-12,29H,13-20H2,(H,31,35)/t29-/m0/s1. The van der Waals surface area contributed by atoms with Crippen LogP contribution in [0, 0.1) is 0 Å². The summed E-state index contributed by atoms with van der Waals surface area (Å²) in [5.74, 6) is 0.758. The number of hydrogen-bond donors (Lipinski definition) is 1. The van der Waals surface area contributed by atoms with E-state index in [4.69, 9.17) is 21.1 Å². The molecule has 2 aliphatic heterocycles. The van der Waals surface area contributed by atoms with Gasteiger partial charge in [-0.05, 0) is 59.7 Å². The highest BCUT2D eigenvalue weighted by atomic mass is 35.5. The van der Waals surface area contributed by atoms with Crippen molar-refractivity contribution in [1.82, 2.24) is 14.5 Å². The molecule has 3 aromatic rings. The number of nitrogens with zero attached hydrogens (tertiary/aromatic N) is 2. The third-order valence-corrected chi connectivity index (χ3v) is 10.2. The zero-order chi connectivity index (χ0) is 28.8. The number of hydrogen-bond acceptors (Lipinski definition) is 7. The Labute approximate surface area is 248 Å². The molecule has 12 heteroatoms. The van der Waals surface area contributed by atoms with Gasteiger partial charge in [0.05, 0.1) is 30.4 Å². The number of amides is 2. The van der Waals surface area contributed by atoms with E-state index in [2.05, 4.69) is 5.32 Å². The van der Waals surface area contributed by atoms with Gasteiger partial charge in [0.2, 0.25) is 15.9 Å². The number of morpholine rings is 1. The Balaban J connectivity index is 1.10. The Morgan fingerprint density at radius 3 is 2.37 bits per heavy atom. The molecule has 2 fully saturated rings. The van der Waals surface area contributed by atoms with Gasteiger partial charge in [-0.25, -0.2) is 8.42 Å². The number of rotatable bonds is 10. The van der Waals surface area contributed by atoms with Crippen LogP contribution in [0.1, 0.15) is 26.9 Å². The molecule has 41 heavy (non-hydrogen) atoms. The Bertz CT molecular complexity index is 1460. The van der Waals surface area contributed by atoms with Gasteiger partial charge in [-0.3, -0.25) is 9.59 Å². The number of nitrogens with one attached hydrogen (secondary N) is 1. The average molecular weight is 616 g/mol. The highest BCUT2D eigenvalue weighted by molar-refractivity contribution is 8.00. The van der Waals surface area contributed by atoms with Gasteiger partial charge in [0.15, 0.2) is 0 Å². The number of benzene rings is 3. The van der Waals surface area contributed by atoms with Crippen LogP contribution in [0.3, 0.4) is 0 Å². The monoisotopic (exact) mass is 615 g/mol. The lowest BCUT2D eigenvalue weighted by molar-refractivity contribution is -0.128. The molecule has 2 saturated heterocycles. The van der Waals surface area contributed by atoms with Crippen LogP contribution in [-0.2, 0) is 26.1 Å². The van der Waals surface area contributed by atoms with Crippen molar-refractivity contribution in [2.24, 2.45) is 0 Å². The van der Waals surface area contributed by atoms with Crippen LogP contribution in [0.5, 0.6) is 5.75 Å². The van der Waals surface area contributed by atoms with Crippen molar-refractivity contribution in [2.45, 2.75) is 16.8 Å². The number of ether oxygens (including phenoxy) is 2. The molecule has 0 saturated carbocycles. The molecule has 1 N–H and O–H groups in total. The highest BCUT2D eigenvalue weighted by Crippen LogP contribution is 2.39. The zero-order valence-electron chi connectivity index (χ0n) is 22.2. The number of halogens is 1. The minimum absolute atomic E-state index is 0.0742. The van der Waals surface area contributed by atoms with Gasteiger partial charge >= 0.3 is 0 Å². The predicted molar refractivity (Wildman–Crippen MR) is 157 cm³/mol. The Morgan fingerprint density at radius 1 is 1.00 bits per heavy atom. The van der Waals surface area contributed by atoms with E-state index in [1.807, 2.05) is 41.3 Å². The molecule has 216 valence electrons. The summed E-state index contributed by atoms with van der Waals surface area (Å²) in [4.78, 5) is 27.2. The van der Waals surface area contributed by atoms with E-state index in [-0.39, 0.29) is 35.2 Å². The molecule has 2 amide bonds. The summed E-state index contributed by atoms with van der Waals surface area (Å²) in [5, 5.41) is 3.36. The third kappa shape index (κ3) is 7.22. The average Bonchev–Trinajstić information content (AvgIpc) is 3.36. The fourth-order valence-electron chi connectivity index (χ4n) is 4.57. The number of carbonyl (C=O) groups excluding carboxylic acids is 2. The minimum atomic E-state index is -3.56. The smallest absolute Gasteiger partial charge is 0.251 e. The van der Waals surface area contributed by atoms with E-state index in [0.717, 1.165) is 11.1 Å². The second kappa shape index (κ2) is 13.3. The molecule has 2 aliphatic rings. The minimum Gasteiger partial charge on any atom is -0.492 e. The van der Waals surface area contributed by atoms with Gasteiger partial charge in [-0.2, -0.15) is 4.31 Å². The fraction of sp³-hybridized carbons (Fsp3) is 0.310. The molecule has 0 unspecified atom stereocenters. The van der Waals surface area contributed by atoms with Gasteiger partial charge < -0.3 is 19.7 Å². The van der Waals surface area contributed by atoms with Gasteiger partial charge in [-0.1, -0.05) is 35.9 Å². The molecule has 0 spiro atoms. The molecular weight excluding hydrogens is 586 g/mol. The van der Waals surface area contributed by atoms with Crippen molar-refractivity contribution >= 4 is 45.2 Å². The lowest BCUT2D eigenvalue weighted by Crippen LogP contribution is -2.40.